The highest BCUT2D eigenvalue weighted by Gasteiger charge is 2.17. The maximum atomic E-state index is 11.7. The number of hydrogen-bond donors (Lipinski definition) is 3. The molecule has 0 fully saturated rings. The summed E-state index contributed by atoms with van der Waals surface area (Å²) in [7, 11) is 0. The highest BCUT2D eigenvalue weighted by molar-refractivity contribution is 5.84. The summed E-state index contributed by atoms with van der Waals surface area (Å²) >= 11 is 0. The Labute approximate surface area is 136 Å². The fourth-order valence-electron chi connectivity index (χ4n) is 1.98. The molecule has 7 nitrogen and oxygen atoms in total. The summed E-state index contributed by atoms with van der Waals surface area (Å²) < 4.78 is 10.4. The van der Waals surface area contributed by atoms with Gasteiger partial charge in [-0.1, -0.05) is 13.3 Å². The number of alkyl carbamates (subject to hydrolysis) is 1. The van der Waals surface area contributed by atoms with Crippen molar-refractivity contribution in [1.29, 1.82) is 0 Å². The third-order valence-electron chi connectivity index (χ3n) is 2.97. The minimum atomic E-state index is -1.09. The molecule has 0 aromatic carbocycles. The molecule has 130 valence electrons. The standard InChI is InChI=1S/C16H26N2O5/c1-5-6-11(9-18-15(21)23-16(2,3)4)17-10-12-7-8-13(22-12)14(19)20/h7-8,11,17H,5-6,9-10H2,1-4H3,(H,18,21)(H,19,20). The Bertz CT molecular complexity index is 519. The molecule has 0 radical (unpaired) electrons. The van der Waals surface area contributed by atoms with E-state index in [1.54, 1.807) is 6.07 Å². The van der Waals surface area contributed by atoms with Gasteiger partial charge < -0.3 is 24.9 Å². The van der Waals surface area contributed by atoms with Gasteiger partial charge in [-0.05, 0) is 39.3 Å². The van der Waals surface area contributed by atoms with Crippen molar-refractivity contribution in [3.8, 4) is 0 Å². The molecule has 7 heteroatoms. The number of rotatable bonds is 8. The van der Waals surface area contributed by atoms with Crippen molar-refractivity contribution < 1.29 is 23.8 Å². The van der Waals surface area contributed by atoms with Crippen LogP contribution in [0.3, 0.4) is 0 Å². The van der Waals surface area contributed by atoms with Crippen molar-refractivity contribution >= 4 is 12.1 Å². The zero-order chi connectivity index (χ0) is 17.5. The van der Waals surface area contributed by atoms with Gasteiger partial charge in [0.05, 0.1) is 6.54 Å². The molecule has 1 unspecified atom stereocenters. The average Bonchev–Trinajstić information content (AvgIpc) is 2.89. The van der Waals surface area contributed by atoms with Crippen LogP contribution in [0.2, 0.25) is 0 Å². The Morgan fingerprint density at radius 3 is 2.57 bits per heavy atom. The lowest BCUT2D eigenvalue weighted by atomic mass is 10.1. The van der Waals surface area contributed by atoms with Crippen molar-refractivity contribution in [2.24, 2.45) is 0 Å². The van der Waals surface area contributed by atoms with Crippen LogP contribution in [0.15, 0.2) is 16.5 Å². The first-order valence-electron chi connectivity index (χ1n) is 7.73. The minimum absolute atomic E-state index is 0.0471. The Kier molecular flexibility index (Phi) is 7.09. The first-order valence-corrected chi connectivity index (χ1v) is 7.73. The summed E-state index contributed by atoms with van der Waals surface area (Å²) in [6.45, 7) is 8.31. The van der Waals surface area contributed by atoms with Crippen LogP contribution in [0.1, 0.15) is 56.9 Å². The summed E-state index contributed by atoms with van der Waals surface area (Å²) in [6.07, 6.45) is 1.36. The van der Waals surface area contributed by atoms with E-state index in [1.807, 2.05) is 20.8 Å². The van der Waals surface area contributed by atoms with Gasteiger partial charge in [0.15, 0.2) is 0 Å². The van der Waals surface area contributed by atoms with Crippen molar-refractivity contribution in [3.63, 3.8) is 0 Å². The van der Waals surface area contributed by atoms with E-state index >= 15 is 0 Å². The Morgan fingerprint density at radius 2 is 2.04 bits per heavy atom. The topological polar surface area (TPSA) is 101 Å². The van der Waals surface area contributed by atoms with Gasteiger partial charge in [0.1, 0.15) is 11.4 Å². The van der Waals surface area contributed by atoms with Gasteiger partial charge in [-0.15, -0.1) is 0 Å². The number of nitrogens with one attached hydrogen (secondary N) is 2. The molecule has 1 heterocycles. The van der Waals surface area contributed by atoms with Crippen LogP contribution in [-0.4, -0.2) is 35.4 Å². The molecule has 0 aliphatic carbocycles. The fraction of sp³-hybridized carbons (Fsp3) is 0.625. The molecular formula is C16H26N2O5. The van der Waals surface area contributed by atoms with Crippen LogP contribution in [0.25, 0.3) is 0 Å². The third kappa shape index (κ3) is 7.69. The number of carboxylic acids is 1. The maximum absolute atomic E-state index is 11.7. The van der Waals surface area contributed by atoms with Crippen LogP contribution in [0, 0.1) is 0 Å². The largest absolute Gasteiger partial charge is 0.475 e. The third-order valence-corrected chi connectivity index (χ3v) is 2.97. The molecule has 0 saturated carbocycles. The summed E-state index contributed by atoms with van der Waals surface area (Å²) in [5.41, 5.74) is -0.529. The van der Waals surface area contributed by atoms with Crippen molar-refractivity contribution in [3.05, 3.63) is 23.7 Å². The molecule has 3 N–H and O–H groups in total. The summed E-state index contributed by atoms with van der Waals surface area (Å²) in [5, 5.41) is 14.8. The number of ether oxygens (including phenoxy) is 1. The number of amides is 1. The van der Waals surface area contributed by atoms with Crippen LogP contribution >= 0.6 is 0 Å². The van der Waals surface area contributed by atoms with E-state index in [1.165, 1.54) is 6.07 Å². The monoisotopic (exact) mass is 326 g/mol. The van der Waals surface area contributed by atoms with Gasteiger partial charge >= 0.3 is 12.1 Å². The summed E-state index contributed by atoms with van der Waals surface area (Å²) in [6, 6.07) is 3.10. The molecule has 1 atom stereocenters. The molecule has 0 aliphatic heterocycles. The maximum Gasteiger partial charge on any atom is 0.407 e. The first kappa shape index (κ1) is 19.0. The molecule has 23 heavy (non-hydrogen) atoms. The van der Waals surface area contributed by atoms with E-state index in [9.17, 15) is 9.59 Å². The highest BCUT2D eigenvalue weighted by atomic mass is 16.6. The van der Waals surface area contributed by atoms with E-state index in [2.05, 4.69) is 17.6 Å². The number of carbonyl (C=O) groups excluding carboxylic acids is 1. The lowest BCUT2D eigenvalue weighted by Crippen LogP contribution is -2.42. The van der Waals surface area contributed by atoms with Crippen LogP contribution in [0.4, 0.5) is 4.79 Å². The average molecular weight is 326 g/mol. The lowest BCUT2D eigenvalue weighted by molar-refractivity contribution is 0.0520. The SMILES string of the molecule is CCCC(CNC(=O)OC(C)(C)C)NCc1ccc(C(=O)O)o1. The predicted octanol–water partition coefficient (Wildman–Crippen LogP) is 2.76. The molecular weight excluding hydrogens is 300 g/mol. The van der Waals surface area contributed by atoms with Crippen LogP contribution < -0.4 is 10.6 Å². The molecule has 1 rings (SSSR count). The van der Waals surface area contributed by atoms with E-state index in [0.29, 0.717) is 18.8 Å². The van der Waals surface area contributed by atoms with Gasteiger partial charge in [0, 0.05) is 12.6 Å². The van der Waals surface area contributed by atoms with Gasteiger partial charge in [0.2, 0.25) is 5.76 Å². The lowest BCUT2D eigenvalue weighted by Gasteiger charge is -2.22. The number of carbonyl (C=O) groups is 2. The first-order chi connectivity index (χ1) is 10.7. The summed E-state index contributed by atoms with van der Waals surface area (Å²) in [4.78, 5) is 22.4. The molecule has 0 aliphatic rings. The minimum Gasteiger partial charge on any atom is -0.475 e. The van der Waals surface area contributed by atoms with Crippen molar-refractivity contribution in [2.45, 2.75) is 58.7 Å². The van der Waals surface area contributed by atoms with Gasteiger partial charge in [-0.3, -0.25) is 0 Å². The van der Waals surface area contributed by atoms with E-state index < -0.39 is 17.7 Å². The molecule has 1 aromatic rings. The fourth-order valence-corrected chi connectivity index (χ4v) is 1.98. The zero-order valence-corrected chi connectivity index (χ0v) is 14.1. The van der Waals surface area contributed by atoms with Gasteiger partial charge in [0.25, 0.3) is 0 Å². The molecule has 0 saturated heterocycles. The van der Waals surface area contributed by atoms with Crippen molar-refractivity contribution in [1.82, 2.24) is 10.6 Å². The van der Waals surface area contributed by atoms with Crippen LogP contribution in [-0.2, 0) is 11.3 Å². The second-order valence-corrected chi connectivity index (χ2v) is 6.32. The second kappa shape index (κ2) is 8.57. The second-order valence-electron chi connectivity index (χ2n) is 6.32. The van der Waals surface area contributed by atoms with E-state index in [0.717, 1.165) is 12.8 Å². The van der Waals surface area contributed by atoms with Gasteiger partial charge in [-0.25, -0.2) is 9.59 Å². The predicted molar refractivity (Wildman–Crippen MR) is 85.4 cm³/mol. The molecule has 1 amide bonds. The molecule has 0 bridgehead atoms. The smallest absolute Gasteiger partial charge is 0.407 e. The van der Waals surface area contributed by atoms with Crippen LogP contribution in [0.5, 0.6) is 0 Å². The Morgan fingerprint density at radius 1 is 1.35 bits per heavy atom. The molecule has 0 spiro atoms. The summed E-state index contributed by atoms with van der Waals surface area (Å²) in [5.74, 6) is -0.630. The quantitative estimate of drug-likeness (QED) is 0.679. The normalized spacial score (nSPS) is 12.7. The zero-order valence-electron chi connectivity index (χ0n) is 14.1. The Hall–Kier alpha value is -2.02. The van der Waals surface area contributed by atoms with Crippen molar-refractivity contribution in [2.75, 3.05) is 6.54 Å². The Balaban J connectivity index is 2.44. The van der Waals surface area contributed by atoms with E-state index in [4.69, 9.17) is 14.3 Å². The number of hydrogen-bond acceptors (Lipinski definition) is 5. The highest BCUT2D eigenvalue weighted by Crippen LogP contribution is 2.09. The molecule has 1 aromatic heterocycles. The number of carboxylic acid groups (broad SMARTS) is 1. The van der Waals surface area contributed by atoms with E-state index in [-0.39, 0.29) is 11.8 Å². The number of aromatic carboxylic acids is 1. The van der Waals surface area contributed by atoms with Gasteiger partial charge in [-0.2, -0.15) is 0 Å². The number of furan rings is 1.